The van der Waals surface area contributed by atoms with Gasteiger partial charge in [0.05, 0.1) is 23.9 Å². The predicted octanol–water partition coefficient (Wildman–Crippen LogP) is 1.42. The second-order valence-electron chi connectivity index (χ2n) is 8.29. The van der Waals surface area contributed by atoms with E-state index in [1.54, 1.807) is 10.9 Å². The molecule has 8 heteroatoms. The van der Waals surface area contributed by atoms with Crippen molar-refractivity contribution in [2.45, 2.75) is 52.4 Å². The summed E-state index contributed by atoms with van der Waals surface area (Å²) < 4.78 is 7.59. The van der Waals surface area contributed by atoms with Crippen LogP contribution in [0.1, 0.15) is 34.6 Å². The van der Waals surface area contributed by atoms with Crippen LogP contribution in [0.5, 0.6) is 0 Å². The molecule has 0 unspecified atom stereocenters. The van der Waals surface area contributed by atoms with Crippen LogP contribution in [0.4, 0.5) is 5.95 Å². The first-order valence-corrected chi connectivity index (χ1v) is 9.22. The Kier molecular flexibility index (Phi) is 5.07. The number of rotatable bonds is 4. The molecule has 0 radical (unpaired) electrons. The average molecular weight is 362 g/mol. The fourth-order valence-corrected chi connectivity index (χ4v) is 3.44. The molecule has 0 bridgehead atoms. The van der Waals surface area contributed by atoms with Gasteiger partial charge in [0.1, 0.15) is 5.39 Å². The number of hydrogen-bond donors (Lipinski definition) is 1. The minimum atomic E-state index is -0.238. The Balaban J connectivity index is 1.78. The summed E-state index contributed by atoms with van der Waals surface area (Å²) in [4.78, 5) is 24.4. The second-order valence-corrected chi connectivity index (χ2v) is 8.29. The SMILES string of the molecule is C[C@@H]1CN(CCN(C)c2nc3c(cnn3C(C)(C)C)c(=O)[nH]2)C[C@H](C)O1. The summed E-state index contributed by atoms with van der Waals surface area (Å²) in [5.41, 5.74) is 0.232. The molecule has 2 aromatic rings. The lowest BCUT2D eigenvalue weighted by Crippen LogP contribution is -2.47. The van der Waals surface area contributed by atoms with E-state index >= 15 is 0 Å². The Morgan fingerprint density at radius 2 is 1.96 bits per heavy atom. The van der Waals surface area contributed by atoms with E-state index in [-0.39, 0.29) is 23.3 Å². The van der Waals surface area contributed by atoms with Crippen molar-refractivity contribution in [1.82, 2.24) is 24.6 Å². The number of nitrogens with zero attached hydrogens (tertiary/aromatic N) is 5. The van der Waals surface area contributed by atoms with E-state index < -0.39 is 0 Å². The zero-order chi connectivity index (χ0) is 19.1. The Bertz CT molecular complexity index is 811. The molecule has 3 rings (SSSR count). The summed E-state index contributed by atoms with van der Waals surface area (Å²) >= 11 is 0. The Hall–Kier alpha value is -1.93. The van der Waals surface area contributed by atoms with Gasteiger partial charge in [0.15, 0.2) is 5.65 Å². The highest BCUT2D eigenvalue weighted by atomic mass is 16.5. The Labute approximate surface area is 154 Å². The number of H-pyrrole nitrogens is 1. The third kappa shape index (κ3) is 3.91. The van der Waals surface area contributed by atoms with Crippen molar-refractivity contribution in [3.63, 3.8) is 0 Å². The van der Waals surface area contributed by atoms with Gasteiger partial charge in [-0.2, -0.15) is 10.1 Å². The molecular weight excluding hydrogens is 332 g/mol. The van der Waals surface area contributed by atoms with Crippen molar-refractivity contribution >= 4 is 17.0 Å². The molecule has 0 saturated carbocycles. The number of aromatic nitrogens is 4. The first-order valence-electron chi connectivity index (χ1n) is 9.22. The minimum absolute atomic E-state index is 0.152. The highest BCUT2D eigenvalue weighted by molar-refractivity contribution is 5.74. The lowest BCUT2D eigenvalue weighted by Gasteiger charge is -2.36. The molecular formula is C18H30N6O2. The van der Waals surface area contributed by atoms with Gasteiger partial charge < -0.3 is 9.64 Å². The fraction of sp³-hybridized carbons (Fsp3) is 0.722. The van der Waals surface area contributed by atoms with Crippen molar-refractivity contribution < 1.29 is 4.74 Å². The van der Waals surface area contributed by atoms with Crippen LogP contribution in [0.25, 0.3) is 11.0 Å². The maximum absolute atomic E-state index is 12.4. The van der Waals surface area contributed by atoms with E-state index in [1.165, 1.54) is 0 Å². The number of morpholine rings is 1. The maximum Gasteiger partial charge on any atom is 0.263 e. The zero-order valence-electron chi connectivity index (χ0n) is 16.6. The first kappa shape index (κ1) is 18.8. The van der Waals surface area contributed by atoms with Gasteiger partial charge in [0.25, 0.3) is 5.56 Å². The van der Waals surface area contributed by atoms with Crippen molar-refractivity contribution in [3.8, 4) is 0 Å². The van der Waals surface area contributed by atoms with Crippen LogP contribution < -0.4 is 10.5 Å². The maximum atomic E-state index is 12.4. The summed E-state index contributed by atoms with van der Waals surface area (Å²) in [5, 5.41) is 4.88. The molecule has 0 spiro atoms. The fourth-order valence-electron chi connectivity index (χ4n) is 3.44. The monoisotopic (exact) mass is 362 g/mol. The number of ether oxygens (including phenoxy) is 1. The third-order valence-corrected chi connectivity index (χ3v) is 4.67. The molecule has 2 aromatic heterocycles. The van der Waals surface area contributed by atoms with E-state index in [9.17, 15) is 4.79 Å². The molecule has 1 N–H and O–H groups in total. The largest absolute Gasteiger partial charge is 0.373 e. The van der Waals surface area contributed by atoms with Crippen LogP contribution >= 0.6 is 0 Å². The van der Waals surface area contributed by atoms with Gasteiger partial charge in [0.2, 0.25) is 5.95 Å². The number of nitrogens with one attached hydrogen (secondary N) is 1. The average Bonchev–Trinajstić information content (AvgIpc) is 2.96. The van der Waals surface area contributed by atoms with Crippen molar-refractivity contribution in [2.75, 3.05) is 38.1 Å². The minimum Gasteiger partial charge on any atom is -0.373 e. The number of hydrogen-bond acceptors (Lipinski definition) is 6. The van der Waals surface area contributed by atoms with Crippen LogP contribution in [0.3, 0.4) is 0 Å². The van der Waals surface area contributed by atoms with Gasteiger partial charge in [-0.1, -0.05) is 0 Å². The molecule has 8 nitrogen and oxygen atoms in total. The summed E-state index contributed by atoms with van der Waals surface area (Å²) in [6.07, 6.45) is 2.09. The highest BCUT2D eigenvalue weighted by Crippen LogP contribution is 2.19. The number of fused-ring (bicyclic) bond motifs is 1. The van der Waals surface area contributed by atoms with E-state index in [1.807, 2.05) is 32.7 Å². The van der Waals surface area contributed by atoms with Crippen LogP contribution in [0.2, 0.25) is 0 Å². The van der Waals surface area contributed by atoms with Crippen molar-refractivity contribution in [2.24, 2.45) is 0 Å². The van der Waals surface area contributed by atoms with Crippen LogP contribution in [0.15, 0.2) is 11.0 Å². The number of likely N-dealkylation sites (N-methyl/N-ethyl adjacent to an activating group) is 1. The molecule has 0 aromatic carbocycles. The topological polar surface area (TPSA) is 79.3 Å². The normalized spacial score (nSPS) is 22.1. The van der Waals surface area contributed by atoms with Gasteiger partial charge in [-0.15, -0.1) is 0 Å². The Morgan fingerprint density at radius 3 is 2.58 bits per heavy atom. The summed E-state index contributed by atoms with van der Waals surface area (Å²) in [6, 6.07) is 0. The van der Waals surface area contributed by atoms with E-state index in [0.29, 0.717) is 17.0 Å². The van der Waals surface area contributed by atoms with Gasteiger partial charge >= 0.3 is 0 Å². The van der Waals surface area contributed by atoms with Crippen LogP contribution in [-0.2, 0) is 10.3 Å². The van der Waals surface area contributed by atoms with E-state index in [4.69, 9.17) is 4.74 Å². The molecule has 26 heavy (non-hydrogen) atoms. The lowest BCUT2D eigenvalue weighted by molar-refractivity contribution is -0.0670. The highest BCUT2D eigenvalue weighted by Gasteiger charge is 2.23. The molecule has 0 amide bonds. The molecule has 2 atom stereocenters. The molecule has 1 saturated heterocycles. The summed E-state index contributed by atoms with van der Waals surface area (Å²) in [7, 11) is 1.95. The molecule has 1 aliphatic rings. The zero-order valence-corrected chi connectivity index (χ0v) is 16.6. The second kappa shape index (κ2) is 7.00. The van der Waals surface area contributed by atoms with Crippen LogP contribution in [0, 0.1) is 0 Å². The molecule has 0 aliphatic carbocycles. The van der Waals surface area contributed by atoms with Gasteiger partial charge in [-0.05, 0) is 34.6 Å². The number of anilines is 1. The molecule has 144 valence electrons. The molecule has 3 heterocycles. The smallest absolute Gasteiger partial charge is 0.263 e. The first-order chi connectivity index (χ1) is 12.1. The van der Waals surface area contributed by atoms with E-state index in [0.717, 1.165) is 26.2 Å². The summed E-state index contributed by atoms with van der Waals surface area (Å²) in [6.45, 7) is 13.9. The molecule has 1 aliphatic heterocycles. The third-order valence-electron chi connectivity index (χ3n) is 4.67. The van der Waals surface area contributed by atoms with Crippen molar-refractivity contribution in [1.29, 1.82) is 0 Å². The lowest BCUT2D eigenvalue weighted by atomic mass is 10.1. The Morgan fingerprint density at radius 1 is 1.31 bits per heavy atom. The van der Waals surface area contributed by atoms with Gasteiger partial charge in [-0.3, -0.25) is 14.7 Å². The van der Waals surface area contributed by atoms with Crippen LogP contribution in [-0.4, -0.2) is 70.1 Å². The summed E-state index contributed by atoms with van der Waals surface area (Å²) in [5.74, 6) is 0.572. The predicted molar refractivity (Wildman–Crippen MR) is 103 cm³/mol. The molecule has 1 fully saturated rings. The van der Waals surface area contributed by atoms with Gasteiger partial charge in [-0.25, -0.2) is 4.68 Å². The van der Waals surface area contributed by atoms with Gasteiger partial charge in [0, 0.05) is 33.2 Å². The quantitative estimate of drug-likeness (QED) is 0.886. The standard InChI is InChI=1S/C18H30N6O2/c1-12-10-23(11-13(2)26-12)8-7-22(6)17-20-15-14(16(25)21-17)9-19-24(15)18(3,4)5/h9,12-13H,7-8,10-11H2,1-6H3,(H,20,21,25)/t12-,13+. The van der Waals surface area contributed by atoms with Crippen molar-refractivity contribution in [3.05, 3.63) is 16.6 Å². The number of aromatic amines is 1. The van der Waals surface area contributed by atoms with E-state index in [2.05, 4.69) is 33.8 Å².